The first-order valence-corrected chi connectivity index (χ1v) is 10.5. The molecule has 1 amide bonds. The van der Waals surface area contributed by atoms with Gasteiger partial charge in [-0.2, -0.15) is 0 Å². The highest BCUT2D eigenvalue weighted by Crippen LogP contribution is 2.21. The molecular weight excluding hydrogens is 387 g/mol. The first-order chi connectivity index (χ1) is 14.0. The van der Waals surface area contributed by atoms with E-state index in [0.29, 0.717) is 24.4 Å². The van der Waals surface area contributed by atoms with Crippen LogP contribution in [0.1, 0.15) is 50.9 Å². The second-order valence-corrected chi connectivity index (χ2v) is 7.94. The van der Waals surface area contributed by atoms with Crippen LogP contribution in [-0.2, 0) is 11.2 Å². The Balaban J connectivity index is 1.43. The summed E-state index contributed by atoms with van der Waals surface area (Å²) >= 11 is 1.38. The van der Waals surface area contributed by atoms with Crippen molar-refractivity contribution in [2.75, 3.05) is 13.2 Å². The van der Waals surface area contributed by atoms with Crippen molar-refractivity contribution in [3.63, 3.8) is 0 Å². The van der Waals surface area contributed by atoms with Crippen LogP contribution in [0, 0.1) is 12.7 Å². The molecular formula is C23H25FN2O2S. The highest BCUT2D eigenvalue weighted by atomic mass is 32.1. The molecule has 0 aliphatic carbocycles. The zero-order valence-electron chi connectivity index (χ0n) is 16.7. The second-order valence-electron chi connectivity index (χ2n) is 6.86. The van der Waals surface area contributed by atoms with E-state index in [0.717, 1.165) is 28.2 Å². The molecule has 6 heteroatoms. The number of amides is 1. The number of nitrogens with zero attached hydrogens (tertiary/aromatic N) is 1. The van der Waals surface area contributed by atoms with Crippen LogP contribution in [0.25, 0.3) is 0 Å². The summed E-state index contributed by atoms with van der Waals surface area (Å²) in [6, 6.07) is 16.4. The SMILES string of the molecule is Cc1nc(Cc2ccc(F)cc2)sc1C(=O)NCCCOC(C)c1ccccc1. The quantitative estimate of drug-likeness (QED) is 0.499. The van der Waals surface area contributed by atoms with Crippen LogP contribution >= 0.6 is 11.3 Å². The number of aryl methyl sites for hydroxylation is 1. The van der Waals surface area contributed by atoms with Crippen molar-refractivity contribution in [1.29, 1.82) is 0 Å². The molecule has 1 atom stereocenters. The summed E-state index contributed by atoms with van der Waals surface area (Å²) < 4.78 is 18.9. The van der Waals surface area contributed by atoms with Crippen molar-refractivity contribution in [3.8, 4) is 0 Å². The van der Waals surface area contributed by atoms with Gasteiger partial charge in [-0.15, -0.1) is 11.3 Å². The lowest BCUT2D eigenvalue weighted by Crippen LogP contribution is -2.25. The Kier molecular flexibility index (Phi) is 7.49. The molecule has 1 unspecified atom stereocenters. The molecule has 152 valence electrons. The molecule has 1 N–H and O–H groups in total. The summed E-state index contributed by atoms with van der Waals surface area (Å²) in [5.74, 6) is -0.368. The maximum Gasteiger partial charge on any atom is 0.263 e. The third-order valence-electron chi connectivity index (χ3n) is 4.56. The van der Waals surface area contributed by atoms with Gasteiger partial charge < -0.3 is 10.1 Å². The Morgan fingerprint density at radius 1 is 1.17 bits per heavy atom. The molecule has 29 heavy (non-hydrogen) atoms. The number of benzene rings is 2. The van der Waals surface area contributed by atoms with Gasteiger partial charge in [0, 0.05) is 19.6 Å². The lowest BCUT2D eigenvalue weighted by molar-refractivity contribution is 0.0635. The summed E-state index contributed by atoms with van der Waals surface area (Å²) in [6.45, 7) is 4.99. The van der Waals surface area contributed by atoms with Gasteiger partial charge in [0.05, 0.1) is 16.8 Å². The molecule has 0 bridgehead atoms. The van der Waals surface area contributed by atoms with E-state index in [1.807, 2.05) is 44.2 Å². The zero-order chi connectivity index (χ0) is 20.6. The zero-order valence-corrected chi connectivity index (χ0v) is 17.5. The van der Waals surface area contributed by atoms with Gasteiger partial charge in [0.15, 0.2) is 0 Å². The average molecular weight is 413 g/mol. The van der Waals surface area contributed by atoms with Crippen LogP contribution in [0.4, 0.5) is 4.39 Å². The second kappa shape index (κ2) is 10.3. The van der Waals surface area contributed by atoms with E-state index in [-0.39, 0.29) is 17.8 Å². The van der Waals surface area contributed by atoms with Crippen molar-refractivity contribution >= 4 is 17.2 Å². The number of halogens is 1. The lowest BCUT2D eigenvalue weighted by atomic mass is 10.1. The standard InChI is InChI=1S/C23H25FN2O2S/c1-16-22(29-21(26-16)15-18-9-11-20(24)12-10-18)23(27)25-13-6-14-28-17(2)19-7-4-3-5-8-19/h3-5,7-12,17H,6,13-15H2,1-2H3,(H,25,27). The Hall–Kier alpha value is -2.57. The average Bonchev–Trinajstić information content (AvgIpc) is 3.10. The minimum absolute atomic E-state index is 0.0321. The van der Waals surface area contributed by atoms with E-state index in [4.69, 9.17) is 4.74 Å². The fourth-order valence-electron chi connectivity index (χ4n) is 2.95. The minimum Gasteiger partial charge on any atom is -0.374 e. The van der Waals surface area contributed by atoms with Crippen LogP contribution in [0.5, 0.6) is 0 Å². The smallest absolute Gasteiger partial charge is 0.263 e. The van der Waals surface area contributed by atoms with Gasteiger partial charge in [0.25, 0.3) is 5.91 Å². The van der Waals surface area contributed by atoms with Gasteiger partial charge in [-0.1, -0.05) is 42.5 Å². The van der Waals surface area contributed by atoms with Crippen LogP contribution < -0.4 is 5.32 Å². The topological polar surface area (TPSA) is 51.2 Å². The van der Waals surface area contributed by atoms with Crippen molar-refractivity contribution in [1.82, 2.24) is 10.3 Å². The van der Waals surface area contributed by atoms with Gasteiger partial charge >= 0.3 is 0 Å². The molecule has 3 aromatic rings. The normalized spacial score (nSPS) is 12.0. The van der Waals surface area contributed by atoms with Gasteiger partial charge in [0.1, 0.15) is 10.7 Å². The molecule has 0 spiro atoms. The highest BCUT2D eigenvalue weighted by Gasteiger charge is 2.15. The maximum atomic E-state index is 13.0. The fourth-order valence-corrected chi connectivity index (χ4v) is 3.97. The van der Waals surface area contributed by atoms with Gasteiger partial charge in [-0.05, 0) is 43.5 Å². The molecule has 0 fully saturated rings. The molecule has 3 rings (SSSR count). The molecule has 0 saturated carbocycles. The first kappa shape index (κ1) is 21.1. The predicted octanol–water partition coefficient (Wildman–Crippen LogP) is 5.08. The number of thiazole rings is 1. The van der Waals surface area contributed by atoms with Crippen LogP contribution in [0.2, 0.25) is 0 Å². The van der Waals surface area contributed by atoms with Crippen molar-refractivity contribution in [2.24, 2.45) is 0 Å². The molecule has 0 saturated heterocycles. The number of carbonyl (C=O) groups is 1. The van der Waals surface area contributed by atoms with E-state index in [9.17, 15) is 9.18 Å². The summed E-state index contributed by atoms with van der Waals surface area (Å²) in [6.07, 6.45) is 1.36. The fraction of sp³-hybridized carbons (Fsp3) is 0.304. The van der Waals surface area contributed by atoms with Gasteiger partial charge in [-0.3, -0.25) is 4.79 Å². The van der Waals surface area contributed by atoms with E-state index in [1.165, 1.54) is 23.5 Å². The summed E-state index contributed by atoms with van der Waals surface area (Å²) in [4.78, 5) is 17.6. The van der Waals surface area contributed by atoms with Gasteiger partial charge in [-0.25, -0.2) is 9.37 Å². The molecule has 4 nitrogen and oxygen atoms in total. The number of carbonyl (C=O) groups excluding carboxylic acids is 1. The summed E-state index contributed by atoms with van der Waals surface area (Å²) in [5.41, 5.74) is 2.83. The van der Waals surface area contributed by atoms with Gasteiger partial charge in [0.2, 0.25) is 0 Å². The third-order valence-corrected chi connectivity index (χ3v) is 5.72. The maximum absolute atomic E-state index is 13.0. The van der Waals surface area contributed by atoms with Crippen LogP contribution in [0.3, 0.4) is 0 Å². The lowest BCUT2D eigenvalue weighted by Gasteiger charge is -2.13. The van der Waals surface area contributed by atoms with Crippen molar-refractivity contribution in [2.45, 2.75) is 32.8 Å². The molecule has 0 aliphatic rings. The minimum atomic E-state index is -0.258. The van der Waals surface area contributed by atoms with E-state index in [1.54, 1.807) is 12.1 Å². The summed E-state index contributed by atoms with van der Waals surface area (Å²) in [7, 11) is 0. The number of aromatic nitrogens is 1. The predicted molar refractivity (Wildman–Crippen MR) is 114 cm³/mol. The van der Waals surface area contributed by atoms with Crippen LogP contribution in [0.15, 0.2) is 54.6 Å². The Morgan fingerprint density at radius 3 is 2.62 bits per heavy atom. The molecule has 1 heterocycles. The van der Waals surface area contributed by atoms with E-state index >= 15 is 0 Å². The highest BCUT2D eigenvalue weighted by molar-refractivity contribution is 7.13. The monoisotopic (exact) mass is 412 g/mol. The summed E-state index contributed by atoms with van der Waals surface area (Å²) in [5, 5.41) is 3.79. The number of hydrogen-bond acceptors (Lipinski definition) is 4. The van der Waals surface area contributed by atoms with Crippen LogP contribution in [-0.4, -0.2) is 24.0 Å². The molecule has 0 aliphatic heterocycles. The van der Waals surface area contributed by atoms with E-state index in [2.05, 4.69) is 10.3 Å². The number of hydrogen-bond donors (Lipinski definition) is 1. The number of rotatable bonds is 9. The van der Waals surface area contributed by atoms with Crippen molar-refractivity contribution in [3.05, 3.63) is 87.1 Å². The molecule has 1 aromatic heterocycles. The number of nitrogens with one attached hydrogen (secondary N) is 1. The first-order valence-electron chi connectivity index (χ1n) is 9.68. The van der Waals surface area contributed by atoms with E-state index < -0.39 is 0 Å². The molecule has 0 radical (unpaired) electrons. The Labute approximate surface area is 174 Å². The molecule has 2 aromatic carbocycles. The third kappa shape index (κ3) is 6.21. The van der Waals surface area contributed by atoms with Crippen molar-refractivity contribution < 1.29 is 13.9 Å². The number of ether oxygens (including phenoxy) is 1. The largest absolute Gasteiger partial charge is 0.374 e. The Bertz CT molecular complexity index is 926. The Morgan fingerprint density at radius 2 is 1.90 bits per heavy atom.